The van der Waals surface area contributed by atoms with E-state index in [9.17, 15) is 13.2 Å². The van der Waals surface area contributed by atoms with Crippen LogP contribution in [-0.4, -0.2) is 32.6 Å². The fourth-order valence-electron chi connectivity index (χ4n) is 1.84. The van der Waals surface area contributed by atoms with Crippen LogP contribution in [0, 0.1) is 5.92 Å². The van der Waals surface area contributed by atoms with E-state index in [1.54, 1.807) is 0 Å². The number of hydrogen-bond acceptors (Lipinski definition) is 4. The number of nitrogens with one attached hydrogen (secondary N) is 2. The van der Waals surface area contributed by atoms with E-state index in [-0.39, 0.29) is 10.5 Å². The molecule has 1 aromatic carbocycles. The number of anilines is 1. The van der Waals surface area contributed by atoms with Crippen molar-refractivity contribution in [3.63, 3.8) is 0 Å². The average molecular weight is 328 g/mol. The molecule has 0 aliphatic carbocycles. The van der Waals surface area contributed by atoms with E-state index in [0.717, 1.165) is 12.8 Å². The van der Waals surface area contributed by atoms with Crippen LogP contribution in [-0.2, 0) is 10.0 Å². The highest BCUT2D eigenvalue weighted by Gasteiger charge is 2.20. The van der Waals surface area contributed by atoms with Crippen LogP contribution in [0.2, 0.25) is 0 Å². The summed E-state index contributed by atoms with van der Waals surface area (Å²) in [7, 11) is -3.75. The largest absolute Gasteiger partial charge is 0.478 e. The quantitative estimate of drug-likeness (QED) is 0.647. The number of aromatic carboxylic acids is 1. The zero-order valence-electron chi connectivity index (χ0n) is 13.2. The maximum atomic E-state index is 12.4. The van der Waals surface area contributed by atoms with Crippen molar-refractivity contribution in [3.05, 3.63) is 23.8 Å². The van der Waals surface area contributed by atoms with Crippen LogP contribution in [0.4, 0.5) is 5.69 Å². The molecule has 0 atom stereocenters. The van der Waals surface area contributed by atoms with Crippen molar-refractivity contribution in [3.8, 4) is 0 Å². The third-order valence-electron chi connectivity index (χ3n) is 3.10. The van der Waals surface area contributed by atoms with Gasteiger partial charge in [-0.25, -0.2) is 17.9 Å². The second kappa shape index (κ2) is 8.14. The van der Waals surface area contributed by atoms with Gasteiger partial charge in [-0.2, -0.15) is 0 Å². The molecule has 3 N–H and O–H groups in total. The Hall–Kier alpha value is -1.60. The summed E-state index contributed by atoms with van der Waals surface area (Å²) in [5.41, 5.74) is 0.371. The Balaban J connectivity index is 3.10. The van der Waals surface area contributed by atoms with Gasteiger partial charge in [0.15, 0.2) is 0 Å². The minimum absolute atomic E-state index is 0.0235. The van der Waals surface area contributed by atoms with Gasteiger partial charge in [-0.15, -0.1) is 0 Å². The second-order valence-electron chi connectivity index (χ2n) is 5.52. The van der Waals surface area contributed by atoms with E-state index >= 15 is 0 Å². The molecule has 0 saturated carbocycles. The van der Waals surface area contributed by atoms with Crippen molar-refractivity contribution in [2.24, 2.45) is 5.92 Å². The molecular formula is C15H24N2O4S. The molecule has 0 amide bonds. The highest BCUT2D eigenvalue weighted by molar-refractivity contribution is 7.89. The number of carboxylic acids is 1. The standard InChI is InChI=1S/C15H24N2O4S/c1-4-8-16-13-6-5-12(15(18)19)10-14(13)22(20,21)17-9-7-11(2)3/h5-6,10-11,16-17H,4,7-9H2,1-3H3,(H,18,19). The van der Waals surface area contributed by atoms with Gasteiger partial charge in [-0.05, 0) is 37.0 Å². The van der Waals surface area contributed by atoms with E-state index in [1.165, 1.54) is 18.2 Å². The molecule has 0 aliphatic rings. The van der Waals surface area contributed by atoms with Crippen molar-refractivity contribution in [2.75, 3.05) is 18.4 Å². The zero-order valence-corrected chi connectivity index (χ0v) is 14.0. The molecule has 1 aromatic rings. The van der Waals surface area contributed by atoms with E-state index in [0.29, 0.717) is 24.7 Å². The number of carbonyl (C=O) groups is 1. The summed E-state index contributed by atoms with van der Waals surface area (Å²) < 4.78 is 27.4. The summed E-state index contributed by atoms with van der Waals surface area (Å²) in [5, 5.41) is 12.1. The molecule has 0 unspecified atom stereocenters. The van der Waals surface area contributed by atoms with E-state index in [2.05, 4.69) is 10.0 Å². The Morgan fingerprint density at radius 1 is 1.27 bits per heavy atom. The lowest BCUT2D eigenvalue weighted by molar-refractivity contribution is 0.0696. The number of carboxylic acid groups (broad SMARTS) is 1. The molecule has 22 heavy (non-hydrogen) atoms. The summed E-state index contributed by atoms with van der Waals surface area (Å²) >= 11 is 0. The third-order valence-corrected chi connectivity index (χ3v) is 4.60. The number of sulfonamides is 1. The van der Waals surface area contributed by atoms with Gasteiger partial charge in [0, 0.05) is 13.1 Å². The molecule has 0 radical (unpaired) electrons. The SMILES string of the molecule is CCCNc1ccc(C(=O)O)cc1S(=O)(=O)NCCC(C)C. The van der Waals surface area contributed by atoms with E-state index in [4.69, 9.17) is 5.11 Å². The van der Waals surface area contributed by atoms with Gasteiger partial charge >= 0.3 is 5.97 Å². The topological polar surface area (TPSA) is 95.5 Å². The molecule has 0 heterocycles. The molecule has 0 fully saturated rings. The van der Waals surface area contributed by atoms with Gasteiger partial charge in [-0.1, -0.05) is 20.8 Å². The van der Waals surface area contributed by atoms with Crippen molar-refractivity contribution in [2.45, 2.75) is 38.5 Å². The average Bonchev–Trinajstić information content (AvgIpc) is 2.44. The maximum absolute atomic E-state index is 12.4. The predicted molar refractivity (Wildman–Crippen MR) is 86.8 cm³/mol. The van der Waals surface area contributed by atoms with Crippen molar-refractivity contribution < 1.29 is 18.3 Å². The molecule has 0 bridgehead atoms. The van der Waals surface area contributed by atoms with Gasteiger partial charge in [0.2, 0.25) is 10.0 Å². The Morgan fingerprint density at radius 2 is 1.95 bits per heavy atom. The highest BCUT2D eigenvalue weighted by Crippen LogP contribution is 2.23. The van der Waals surface area contributed by atoms with Crippen LogP contribution < -0.4 is 10.0 Å². The molecule has 0 spiro atoms. The second-order valence-corrected chi connectivity index (χ2v) is 7.26. The molecule has 0 saturated heterocycles. The van der Waals surface area contributed by atoms with Crippen LogP contribution in [0.3, 0.4) is 0 Å². The molecule has 0 aromatic heterocycles. The minimum atomic E-state index is -3.75. The van der Waals surface area contributed by atoms with Crippen LogP contribution in [0.15, 0.2) is 23.1 Å². The van der Waals surface area contributed by atoms with Gasteiger partial charge in [0.25, 0.3) is 0 Å². The van der Waals surface area contributed by atoms with E-state index < -0.39 is 16.0 Å². The highest BCUT2D eigenvalue weighted by atomic mass is 32.2. The summed E-state index contributed by atoms with van der Waals surface area (Å²) in [6.07, 6.45) is 1.55. The summed E-state index contributed by atoms with van der Waals surface area (Å²) in [6.45, 7) is 6.92. The smallest absolute Gasteiger partial charge is 0.335 e. The van der Waals surface area contributed by atoms with Crippen molar-refractivity contribution >= 4 is 21.7 Å². The molecule has 6 nitrogen and oxygen atoms in total. The van der Waals surface area contributed by atoms with Crippen LogP contribution in [0.1, 0.15) is 44.0 Å². The summed E-state index contributed by atoms with van der Waals surface area (Å²) in [6, 6.07) is 4.08. The van der Waals surface area contributed by atoms with Crippen molar-refractivity contribution in [1.82, 2.24) is 4.72 Å². The Kier molecular flexibility index (Phi) is 6.83. The summed E-state index contributed by atoms with van der Waals surface area (Å²) in [4.78, 5) is 11.0. The zero-order chi connectivity index (χ0) is 16.8. The first kappa shape index (κ1) is 18.4. The lowest BCUT2D eigenvalue weighted by Crippen LogP contribution is -2.27. The number of rotatable bonds is 9. The summed E-state index contributed by atoms with van der Waals surface area (Å²) in [5.74, 6) is -0.772. The Bertz CT molecular complexity index is 612. The van der Waals surface area contributed by atoms with Crippen LogP contribution >= 0.6 is 0 Å². The predicted octanol–water partition coefficient (Wildman–Crippen LogP) is 2.53. The first-order valence-electron chi connectivity index (χ1n) is 7.38. The first-order valence-corrected chi connectivity index (χ1v) is 8.87. The Morgan fingerprint density at radius 3 is 2.50 bits per heavy atom. The molecule has 7 heteroatoms. The number of benzene rings is 1. The number of hydrogen-bond donors (Lipinski definition) is 3. The lowest BCUT2D eigenvalue weighted by atomic mass is 10.1. The fourth-order valence-corrected chi connectivity index (χ4v) is 3.10. The van der Waals surface area contributed by atoms with Crippen LogP contribution in [0.5, 0.6) is 0 Å². The van der Waals surface area contributed by atoms with Crippen molar-refractivity contribution in [1.29, 1.82) is 0 Å². The van der Waals surface area contributed by atoms with Gasteiger partial charge < -0.3 is 10.4 Å². The van der Waals surface area contributed by atoms with Gasteiger partial charge in [0.05, 0.1) is 11.3 Å². The van der Waals surface area contributed by atoms with Gasteiger partial charge in [0.1, 0.15) is 4.90 Å². The Labute approximate surface area is 132 Å². The van der Waals surface area contributed by atoms with Crippen LogP contribution in [0.25, 0.3) is 0 Å². The minimum Gasteiger partial charge on any atom is -0.478 e. The fraction of sp³-hybridized carbons (Fsp3) is 0.533. The molecule has 124 valence electrons. The first-order chi connectivity index (χ1) is 10.3. The molecular weight excluding hydrogens is 304 g/mol. The molecule has 0 aliphatic heterocycles. The maximum Gasteiger partial charge on any atom is 0.335 e. The monoisotopic (exact) mass is 328 g/mol. The van der Waals surface area contributed by atoms with E-state index in [1.807, 2.05) is 20.8 Å². The third kappa shape index (κ3) is 5.31. The normalized spacial score (nSPS) is 11.6. The lowest BCUT2D eigenvalue weighted by Gasteiger charge is -2.14. The molecule has 1 rings (SSSR count). The van der Waals surface area contributed by atoms with Gasteiger partial charge in [-0.3, -0.25) is 0 Å².